The van der Waals surface area contributed by atoms with Crippen LogP contribution >= 0.6 is 0 Å². The summed E-state index contributed by atoms with van der Waals surface area (Å²) in [5.74, 6) is 0.720. The van der Waals surface area contributed by atoms with Gasteiger partial charge >= 0.3 is 0 Å². The molecule has 1 rings (SSSR count). The molecule has 1 N–H and O–H groups in total. The highest BCUT2D eigenvalue weighted by atomic mass is 16.5. The molecule has 3 heteroatoms. The number of ether oxygens (including phenoxy) is 1. The van der Waals surface area contributed by atoms with Gasteiger partial charge in [0.1, 0.15) is 0 Å². The summed E-state index contributed by atoms with van der Waals surface area (Å²) in [5, 5.41) is 3.58. The van der Waals surface area contributed by atoms with E-state index >= 15 is 0 Å². The number of nitrogens with zero attached hydrogens (tertiary/aromatic N) is 1. The van der Waals surface area contributed by atoms with E-state index in [0.717, 1.165) is 25.6 Å². The molecule has 3 nitrogen and oxygen atoms in total. The van der Waals surface area contributed by atoms with Gasteiger partial charge in [-0.25, -0.2) is 0 Å². The minimum Gasteiger partial charge on any atom is -0.378 e. The van der Waals surface area contributed by atoms with Crippen LogP contribution in [-0.4, -0.2) is 49.8 Å². The van der Waals surface area contributed by atoms with Gasteiger partial charge in [-0.1, -0.05) is 20.8 Å². The Hall–Kier alpha value is -0.120. The first-order valence-corrected chi connectivity index (χ1v) is 7.75. The molecule has 1 aliphatic heterocycles. The average Bonchev–Trinajstić information content (AvgIpc) is 2.36. The lowest BCUT2D eigenvalue weighted by Gasteiger charge is -2.39. The molecule has 1 fully saturated rings. The summed E-state index contributed by atoms with van der Waals surface area (Å²) >= 11 is 0. The third-order valence-corrected chi connectivity index (χ3v) is 3.90. The van der Waals surface area contributed by atoms with Crippen LogP contribution in [0.15, 0.2) is 0 Å². The molecule has 0 spiro atoms. The number of hydrogen-bond acceptors (Lipinski definition) is 3. The standard InChI is InChI=1S/C15H32N2O/c1-5-9-16-12-15(13(3)4)17-10-7-14(8-11-17)18-6-2/h13-16H,5-12H2,1-4H3. The van der Waals surface area contributed by atoms with Crippen LogP contribution in [0.4, 0.5) is 0 Å². The van der Waals surface area contributed by atoms with E-state index in [-0.39, 0.29) is 0 Å². The number of rotatable bonds is 8. The second-order valence-corrected chi connectivity index (χ2v) is 5.71. The van der Waals surface area contributed by atoms with Crippen LogP contribution in [-0.2, 0) is 4.74 Å². The Morgan fingerprint density at radius 3 is 2.39 bits per heavy atom. The van der Waals surface area contributed by atoms with E-state index in [9.17, 15) is 0 Å². The molecule has 0 aliphatic carbocycles. The first kappa shape index (κ1) is 15.9. The van der Waals surface area contributed by atoms with Gasteiger partial charge in [-0.3, -0.25) is 4.90 Å². The molecule has 1 saturated heterocycles. The average molecular weight is 256 g/mol. The van der Waals surface area contributed by atoms with Gasteiger partial charge in [0.05, 0.1) is 6.10 Å². The van der Waals surface area contributed by atoms with Crippen molar-refractivity contribution >= 4 is 0 Å². The smallest absolute Gasteiger partial charge is 0.0599 e. The quantitative estimate of drug-likeness (QED) is 0.675. The van der Waals surface area contributed by atoms with Crippen molar-refractivity contribution in [2.24, 2.45) is 5.92 Å². The van der Waals surface area contributed by atoms with Gasteiger partial charge in [0, 0.05) is 32.3 Å². The van der Waals surface area contributed by atoms with E-state index < -0.39 is 0 Å². The SMILES string of the molecule is CCCNCC(C(C)C)N1CCC(OCC)CC1. The van der Waals surface area contributed by atoms with Gasteiger partial charge in [0.25, 0.3) is 0 Å². The molecule has 18 heavy (non-hydrogen) atoms. The summed E-state index contributed by atoms with van der Waals surface area (Å²) < 4.78 is 5.73. The molecule has 1 aliphatic rings. The molecule has 0 aromatic carbocycles. The molecule has 0 aromatic heterocycles. The second-order valence-electron chi connectivity index (χ2n) is 5.71. The Balaban J connectivity index is 2.35. The van der Waals surface area contributed by atoms with Gasteiger partial charge in [0.2, 0.25) is 0 Å². The van der Waals surface area contributed by atoms with E-state index in [4.69, 9.17) is 4.74 Å². The Labute approximate surface area is 113 Å². The predicted molar refractivity (Wildman–Crippen MR) is 78.0 cm³/mol. The number of hydrogen-bond donors (Lipinski definition) is 1. The maximum Gasteiger partial charge on any atom is 0.0599 e. The number of piperidine rings is 1. The lowest BCUT2D eigenvalue weighted by atomic mass is 9.98. The fourth-order valence-electron chi connectivity index (χ4n) is 2.82. The molecule has 0 bridgehead atoms. The topological polar surface area (TPSA) is 24.5 Å². The van der Waals surface area contributed by atoms with E-state index in [1.807, 2.05) is 0 Å². The van der Waals surface area contributed by atoms with Crippen molar-refractivity contribution in [2.75, 3.05) is 32.8 Å². The molecule has 0 saturated carbocycles. The van der Waals surface area contributed by atoms with E-state index in [1.54, 1.807) is 0 Å². The van der Waals surface area contributed by atoms with E-state index in [1.165, 1.54) is 32.4 Å². The maximum atomic E-state index is 5.73. The Kier molecular flexibility index (Phi) is 7.87. The Bertz CT molecular complexity index is 201. The van der Waals surface area contributed by atoms with Crippen molar-refractivity contribution in [3.63, 3.8) is 0 Å². The van der Waals surface area contributed by atoms with E-state index in [0.29, 0.717) is 12.1 Å². The normalized spacial score (nSPS) is 20.5. The molecule has 0 amide bonds. The molecule has 1 atom stereocenters. The second kappa shape index (κ2) is 8.89. The molecular formula is C15H32N2O. The Morgan fingerprint density at radius 1 is 1.22 bits per heavy atom. The lowest BCUT2D eigenvalue weighted by molar-refractivity contribution is -0.00153. The highest BCUT2D eigenvalue weighted by Crippen LogP contribution is 2.19. The largest absolute Gasteiger partial charge is 0.378 e. The van der Waals surface area contributed by atoms with Crippen LogP contribution in [0.3, 0.4) is 0 Å². The molecule has 108 valence electrons. The molecule has 1 heterocycles. The van der Waals surface area contributed by atoms with E-state index in [2.05, 4.69) is 37.9 Å². The third kappa shape index (κ3) is 5.25. The van der Waals surface area contributed by atoms with Crippen molar-refractivity contribution in [2.45, 2.75) is 59.1 Å². The maximum absolute atomic E-state index is 5.73. The monoisotopic (exact) mass is 256 g/mol. The predicted octanol–water partition coefficient (Wildman–Crippen LogP) is 2.51. The minimum absolute atomic E-state index is 0.502. The lowest BCUT2D eigenvalue weighted by Crippen LogP contribution is -2.50. The summed E-state index contributed by atoms with van der Waals surface area (Å²) in [6, 6.07) is 0.680. The Morgan fingerprint density at radius 2 is 1.89 bits per heavy atom. The van der Waals surface area contributed by atoms with Crippen molar-refractivity contribution in [1.29, 1.82) is 0 Å². The van der Waals surface area contributed by atoms with Crippen LogP contribution in [0.1, 0.15) is 47.0 Å². The van der Waals surface area contributed by atoms with Gasteiger partial charge in [-0.15, -0.1) is 0 Å². The summed E-state index contributed by atoms with van der Waals surface area (Å²) in [5.41, 5.74) is 0. The van der Waals surface area contributed by atoms with Crippen molar-refractivity contribution in [1.82, 2.24) is 10.2 Å². The fraction of sp³-hybridized carbons (Fsp3) is 1.00. The first-order chi connectivity index (χ1) is 8.69. The zero-order valence-electron chi connectivity index (χ0n) is 12.7. The van der Waals surface area contributed by atoms with Crippen LogP contribution in [0.25, 0.3) is 0 Å². The van der Waals surface area contributed by atoms with Crippen LogP contribution in [0, 0.1) is 5.92 Å². The summed E-state index contributed by atoms with van der Waals surface area (Å²) in [7, 11) is 0. The summed E-state index contributed by atoms with van der Waals surface area (Å²) in [6.45, 7) is 14.5. The van der Waals surface area contributed by atoms with Crippen LogP contribution in [0.2, 0.25) is 0 Å². The first-order valence-electron chi connectivity index (χ1n) is 7.75. The fourth-order valence-corrected chi connectivity index (χ4v) is 2.82. The number of likely N-dealkylation sites (tertiary alicyclic amines) is 1. The van der Waals surface area contributed by atoms with Gasteiger partial charge < -0.3 is 10.1 Å². The summed E-state index contributed by atoms with van der Waals surface area (Å²) in [4.78, 5) is 2.66. The molecule has 0 aromatic rings. The minimum atomic E-state index is 0.502. The molecule has 0 radical (unpaired) electrons. The van der Waals surface area contributed by atoms with Gasteiger partial charge in [-0.2, -0.15) is 0 Å². The molecule has 1 unspecified atom stereocenters. The zero-order chi connectivity index (χ0) is 13.4. The van der Waals surface area contributed by atoms with Crippen molar-refractivity contribution in [3.8, 4) is 0 Å². The molecular weight excluding hydrogens is 224 g/mol. The highest BCUT2D eigenvalue weighted by Gasteiger charge is 2.26. The zero-order valence-corrected chi connectivity index (χ0v) is 12.7. The van der Waals surface area contributed by atoms with Gasteiger partial charge in [-0.05, 0) is 38.6 Å². The number of nitrogens with one attached hydrogen (secondary N) is 1. The van der Waals surface area contributed by atoms with Crippen LogP contribution in [0.5, 0.6) is 0 Å². The highest BCUT2D eigenvalue weighted by molar-refractivity contribution is 4.82. The summed E-state index contributed by atoms with van der Waals surface area (Å²) in [6.07, 6.45) is 4.12. The van der Waals surface area contributed by atoms with Crippen molar-refractivity contribution in [3.05, 3.63) is 0 Å². The van der Waals surface area contributed by atoms with Crippen LogP contribution < -0.4 is 5.32 Å². The van der Waals surface area contributed by atoms with Crippen molar-refractivity contribution < 1.29 is 4.74 Å². The van der Waals surface area contributed by atoms with Gasteiger partial charge in [0.15, 0.2) is 0 Å². The third-order valence-electron chi connectivity index (χ3n) is 3.90.